The Morgan fingerprint density at radius 1 is 1.02 bits per heavy atom. The maximum Gasteiger partial charge on any atom is 0.408 e. The fraction of sp³-hybridized carbons (Fsp3) is 0.903. The molecule has 228 valence electrons. The zero-order chi connectivity index (χ0) is 29.6. The number of alkyl carbamates (subject to hydrolysis) is 1. The summed E-state index contributed by atoms with van der Waals surface area (Å²) in [5.41, 5.74) is -0.957. The molecule has 4 saturated carbocycles. The molecule has 4 fully saturated rings. The zero-order valence-corrected chi connectivity index (χ0v) is 25.2. The predicted octanol–water partition coefficient (Wildman–Crippen LogP) is 4.10. The summed E-state index contributed by atoms with van der Waals surface area (Å²) in [7, 11) is 0. The van der Waals surface area contributed by atoms with Gasteiger partial charge in [-0.25, -0.2) is 4.79 Å². The molecule has 11 atom stereocenters. The van der Waals surface area contributed by atoms with E-state index in [-0.39, 0.29) is 71.3 Å². The van der Waals surface area contributed by atoms with Gasteiger partial charge in [0.25, 0.3) is 0 Å². The number of rotatable bonds is 7. The third kappa shape index (κ3) is 6.01. The van der Waals surface area contributed by atoms with Gasteiger partial charge in [-0.05, 0) is 118 Å². The summed E-state index contributed by atoms with van der Waals surface area (Å²) >= 11 is 0. The van der Waals surface area contributed by atoms with Crippen LogP contribution in [-0.2, 0) is 14.3 Å². The van der Waals surface area contributed by atoms with Crippen molar-refractivity contribution in [3.05, 3.63) is 0 Å². The molecule has 0 spiro atoms. The molecule has 0 radical (unpaired) electrons. The van der Waals surface area contributed by atoms with Gasteiger partial charge in [0.15, 0.2) is 0 Å². The van der Waals surface area contributed by atoms with E-state index in [4.69, 9.17) is 4.74 Å². The van der Waals surface area contributed by atoms with Gasteiger partial charge in [-0.15, -0.1) is 0 Å². The number of carbonyl (C=O) groups is 3. The number of nitrogens with one attached hydrogen (secondary N) is 2. The lowest BCUT2D eigenvalue weighted by atomic mass is 9.43. The number of hydrogen-bond donors (Lipinski definition) is 5. The number of carboxylic acid groups (broad SMARTS) is 1. The third-order valence-corrected chi connectivity index (χ3v) is 11.5. The molecule has 0 unspecified atom stereocenters. The molecular weight excluding hydrogens is 512 g/mol. The highest BCUT2D eigenvalue weighted by Gasteiger charge is 2.65. The lowest BCUT2D eigenvalue weighted by molar-refractivity contribution is -0.202. The molecule has 0 aromatic rings. The topological polar surface area (TPSA) is 145 Å². The molecule has 0 aliphatic heterocycles. The minimum absolute atomic E-state index is 0.0144. The highest BCUT2D eigenvalue weighted by Crippen LogP contribution is 2.68. The Labute approximate surface area is 239 Å². The van der Waals surface area contributed by atoms with Gasteiger partial charge in [0.1, 0.15) is 12.1 Å². The minimum Gasteiger partial charge on any atom is -0.481 e. The van der Waals surface area contributed by atoms with Gasteiger partial charge in [0.05, 0.1) is 12.2 Å². The molecular formula is C31H52N2O7. The van der Waals surface area contributed by atoms with Crippen LogP contribution in [0, 0.1) is 46.3 Å². The maximum atomic E-state index is 12.6. The van der Waals surface area contributed by atoms with Gasteiger partial charge in [0.2, 0.25) is 5.91 Å². The molecule has 0 aromatic heterocycles. The molecule has 5 N–H and O–H groups in total. The fourth-order valence-electron chi connectivity index (χ4n) is 9.58. The number of fused-ring (bicyclic) bond motifs is 5. The number of carboxylic acids is 1. The second-order valence-electron chi connectivity index (χ2n) is 14.9. The molecule has 40 heavy (non-hydrogen) atoms. The number of aliphatic carboxylic acids is 1. The Balaban J connectivity index is 1.40. The Morgan fingerprint density at radius 3 is 2.38 bits per heavy atom. The molecule has 0 bridgehead atoms. The lowest BCUT2D eigenvalue weighted by Crippen LogP contribution is -2.63. The fourth-order valence-corrected chi connectivity index (χ4v) is 9.58. The molecule has 4 aliphatic carbocycles. The number of hydrogen-bond acceptors (Lipinski definition) is 6. The number of aliphatic hydroxyl groups is 2. The number of carbonyl (C=O) groups excluding carboxylic acids is 2. The number of ether oxygens (including phenoxy) is 1. The van der Waals surface area contributed by atoms with E-state index in [0.29, 0.717) is 19.3 Å². The summed E-state index contributed by atoms with van der Waals surface area (Å²) in [5.74, 6) is 0.266. The van der Waals surface area contributed by atoms with Gasteiger partial charge in [0, 0.05) is 12.5 Å². The van der Waals surface area contributed by atoms with Crippen LogP contribution < -0.4 is 10.6 Å². The van der Waals surface area contributed by atoms with E-state index in [1.165, 1.54) is 0 Å². The second-order valence-corrected chi connectivity index (χ2v) is 14.9. The van der Waals surface area contributed by atoms with Crippen molar-refractivity contribution >= 4 is 18.0 Å². The molecule has 9 nitrogen and oxygen atoms in total. The van der Waals surface area contributed by atoms with Gasteiger partial charge in [-0.1, -0.05) is 20.8 Å². The van der Waals surface area contributed by atoms with E-state index in [0.717, 1.165) is 32.1 Å². The van der Waals surface area contributed by atoms with Crippen LogP contribution in [0.1, 0.15) is 99.3 Å². The van der Waals surface area contributed by atoms with E-state index in [1.807, 2.05) is 0 Å². The third-order valence-electron chi connectivity index (χ3n) is 11.5. The molecule has 4 rings (SSSR count). The van der Waals surface area contributed by atoms with Gasteiger partial charge < -0.3 is 30.7 Å². The smallest absolute Gasteiger partial charge is 0.408 e. The van der Waals surface area contributed by atoms with E-state index in [2.05, 4.69) is 31.4 Å². The summed E-state index contributed by atoms with van der Waals surface area (Å²) in [6.45, 7) is 11.8. The first kappa shape index (κ1) is 31.1. The largest absolute Gasteiger partial charge is 0.481 e. The quantitative estimate of drug-likeness (QED) is 0.313. The first-order chi connectivity index (χ1) is 18.6. The molecule has 0 aromatic carbocycles. The minimum atomic E-state index is -0.774. The van der Waals surface area contributed by atoms with Crippen molar-refractivity contribution in [3.63, 3.8) is 0 Å². The van der Waals surface area contributed by atoms with Crippen molar-refractivity contribution in [2.75, 3.05) is 6.54 Å². The Hall–Kier alpha value is -1.87. The van der Waals surface area contributed by atoms with Crippen LogP contribution in [0.3, 0.4) is 0 Å². The van der Waals surface area contributed by atoms with Crippen molar-refractivity contribution < 1.29 is 34.4 Å². The molecule has 9 heteroatoms. The van der Waals surface area contributed by atoms with E-state index in [1.54, 1.807) is 20.8 Å². The van der Waals surface area contributed by atoms with Crippen molar-refractivity contribution in [1.82, 2.24) is 10.6 Å². The van der Waals surface area contributed by atoms with Crippen LogP contribution in [-0.4, -0.2) is 63.7 Å². The summed E-state index contributed by atoms with van der Waals surface area (Å²) in [6.07, 6.45) is 5.07. The normalized spacial score (nSPS) is 41.6. The summed E-state index contributed by atoms with van der Waals surface area (Å²) < 4.78 is 5.21. The SMILES string of the molecule is C[C@H](CCC(=O)O)[C@H]1CC[C@H]2[C@@H]3[C@H](O)C[C@@H]4C[C@@H](NC(=O)CNC(=O)OC(C)(C)C)CC[C@]4(C)[C@H]3C[C@H](O)[C@]12C. The van der Waals surface area contributed by atoms with Crippen molar-refractivity contribution in [2.24, 2.45) is 46.3 Å². The Kier molecular flexibility index (Phi) is 8.88. The first-order valence-corrected chi connectivity index (χ1v) is 15.4. The lowest BCUT2D eigenvalue weighted by Gasteiger charge is -2.63. The number of amides is 2. The summed E-state index contributed by atoms with van der Waals surface area (Å²) in [5, 5.41) is 38.1. The summed E-state index contributed by atoms with van der Waals surface area (Å²) in [4.78, 5) is 35.7. The van der Waals surface area contributed by atoms with Crippen LogP contribution >= 0.6 is 0 Å². The highest BCUT2D eigenvalue weighted by atomic mass is 16.6. The average molecular weight is 565 g/mol. The Morgan fingerprint density at radius 2 is 1.73 bits per heavy atom. The molecule has 2 amide bonds. The molecule has 0 saturated heterocycles. The van der Waals surface area contributed by atoms with Gasteiger partial charge in [-0.3, -0.25) is 9.59 Å². The van der Waals surface area contributed by atoms with Gasteiger partial charge in [-0.2, -0.15) is 0 Å². The summed E-state index contributed by atoms with van der Waals surface area (Å²) in [6, 6.07) is -0.0144. The van der Waals surface area contributed by atoms with Crippen LogP contribution in [0.2, 0.25) is 0 Å². The standard InChI is InChI=1S/C31H52N2O7/c1-17(7-10-26(37)38)20-8-9-21-27-22(15-24(35)31(20,21)6)30(5)12-11-19(13-18(30)14-23(27)34)33-25(36)16-32-28(39)40-29(2,3)4/h17-24,27,34-35H,7-16H2,1-6H3,(H,32,39)(H,33,36)(H,37,38)/t17-,18+,19+,20-,21+,22+,23-,24+,27+,30+,31-/m1/s1. The molecule has 0 heterocycles. The predicted molar refractivity (Wildman–Crippen MR) is 150 cm³/mol. The Bertz CT molecular complexity index is 966. The van der Waals surface area contributed by atoms with Crippen LogP contribution in [0.4, 0.5) is 4.79 Å². The van der Waals surface area contributed by atoms with Crippen molar-refractivity contribution in [2.45, 2.75) is 123 Å². The van der Waals surface area contributed by atoms with Crippen LogP contribution in [0.5, 0.6) is 0 Å². The van der Waals surface area contributed by atoms with Crippen LogP contribution in [0.15, 0.2) is 0 Å². The zero-order valence-electron chi connectivity index (χ0n) is 25.2. The van der Waals surface area contributed by atoms with E-state index in [9.17, 15) is 29.7 Å². The molecule has 4 aliphatic rings. The van der Waals surface area contributed by atoms with Crippen molar-refractivity contribution in [3.8, 4) is 0 Å². The van der Waals surface area contributed by atoms with E-state index >= 15 is 0 Å². The van der Waals surface area contributed by atoms with Gasteiger partial charge >= 0.3 is 12.1 Å². The maximum absolute atomic E-state index is 12.6. The van der Waals surface area contributed by atoms with Crippen LogP contribution in [0.25, 0.3) is 0 Å². The average Bonchev–Trinajstić information content (AvgIpc) is 3.20. The number of aliphatic hydroxyl groups excluding tert-OH is 2. The second kappa shape index (κ2) is 11.4. The van der Waals surface area contributed by atoms with E-state index < -0.39 is 29.9 Å². The monoisotopic (exact) mass is 564 g/mol. The first-order valence-electron chi connectivity index (χ1n) is 15.4. The highest BCUT2D eigenvalue weighted by molar-refractivity contribution is 5.82. The van der Waals surface area contributed by atoms with Crippen molar-refractivity contribution in [1.29, 1.82) is 0 Å².